The third-order valence-electron chi connectivity index (χ3n) is 3.09. The molecule has 0 bridgehead atoms. The van der Waals surface area contributed by atoms with Crippen molar-refractivity contribution >= 4 is 11.6 Å². The van der Waals surface area contributed by atoms with Crippen LogP contribution in [0.4, 0.5) is 0 Å². The Hall–Kier alpha value is -1.33. The average Bonchev–Trinajstić information content (AvgIpc) is 2.91. The highest BCUT2D eigenvalue weighted by Gasteiger charge is 2.13. The Labute approximate surface area is 118 Å². The molecule has 19 heavy (non-hydrogen) atoms. The van der Waals surface area contributed by atoms with Gasteiger partial charge in [-0.15, -0.1) is 0 Å². The maximum atomic E-state index is 6.28. The van der Waals surface area contributed by atoms with E-state index in [2.05, 4.69) is 26.9 Å². The molecule has 0 aromatic carbocycles. The van der Waals surface area contributed by atoms with Gasteiger partial charge >= 0.3 is 0 Å². The molecule has 2 heterocycles. The fraction of sp³-hybridized carbons (Fsp3) is 0.538. The average molecular weight is 282 g/mol. The number of hydrogen-bond donors (Lipinski definition) is 1. The van der Waals surface area contributed by atoms with Crippen molar-refractivity contribution in [2.45, 2.75) is 33.4 Å². The normalized spacial score (nSPS) is 11.2. The van der Waals surface area contributed by atoms with E-state index < -0.39 is 0 Å². The molecule has 2 aromatic rings. The molecule has 0 saturated heterocycles. The van der Waals surface area contributed by atoms with Crippen molar-refractivity contribution in [2.24, 2.45) is 7.05 Å². The predicted octanol–water partition coefficient (Wildman–Crippen LogP) is 2.13. The zero-order chi connectivity index (χ0) is 13.8. The van der Waals surface area contributed by atoms with Gasteiger partial charge in [0.15, 0.2) is 0 Å². The molecule has 104 valence electrons. The number of nitrogens with one attached hydrogen (secondary N) is 1. The van der Waals surface area contributed by atoms with Crippen LogP contribution >= 0.6 is 11.6 Å². The molecule has 0 aliphatic carbocycles. The van der Waals surface area contributed by atoms with Gasteiger partial charge in [-0.25, -0.2) is 4.98 Å². The topological polar surface area (TPSA) is 47.7 Å². The molecule has 0 aliphatic rings. The van der Waals surface area contributed by atoms with Gasteiger partial charge in [-0.3, -0.25) is 4.68 Å². The highest BCUT2D eigenvalue weighted by atomic mass is 35.5. The summed E-state index contributed by atoms with van der Waals surface area (Å²) in [6.07, 6.45) is 4.91. The van der Waals surface area contributed by atoms with Gasteiger partial charge < -0.3 is 9.88 Å². The standard InChI is InChI=1S/C13H20ClN5/c1-4-5-15-8-12-16-6-7-19(12)9-11-13(14)10(2)17-18(11)3/h6-7,15H,4-5,8-9H2,1-3H3. The van der Waals surface area contributed by atoms with E-state index in [0.29, 0.717) is 6.54 Å². The van der Waals surface area contributed by atoms with E-state index >= 15 is 0 Å². The Balaban J connectivity index is 2.13. The van der Waals surface area contributed by atoms with Crippen LogP contribution in [-0.2, 0) is 20.1 Å². The van der Waals surface area contributed by atoms with Gasteiger partial charge in [-0.2, -0.15) is 5.10 Å². The molecule has 5 nitrogen and oxygen atoms in total. The lowest BCUT2D eigenvalue weighted by molar-refractivity contribution is 0.597. The first-order valence-corrected chi connectivity index (χ1v) is 6.90. The zero-order valence-corrected chi connectivity index (χ0v) is 12.4. The smallest absolute Gasteiger partial charge is 0.123 e. The van der Waals surface area contributed by atoms with Gasteiger partial charge in [0.05, 0.1) is 29.5 Å². The molecule has 0 atom stereocenters. The molecule has 2 rings (SSSR count). The SMILES string of the molecule is CCCNCc1nccn1Cc1c(Cl)c(C)nn1C. The lowest BCUT2D eigenvalue weighted by Gasteiger charge is -2.09. The summed E-state index contributed by atoms with van der Waals surface area (Å²) in [7, 11) is 1.92. The quantitative estimate of drug-likeness (QED) is 0.825. The summed E-state index contributed by atoms with van der Waals surface area (Å²) in [4.78, 5) is 4.38. The summed E-state index contributed by atoms with van der Waals surface area (Å²) < 4.78 is 3.94. The third kappa shape index (κ3) is 3.16. The van der Waals surface area contributed by atoms with Gasteiger partial charge in [0, 0.05) is 19.4 Å². The van der Waals surface area contributed by atoms with Crippen LogP contribution in [0.3, 0.4) is 0 Å². The van der Waals surface area contributed by atoms with Gasteiger partial charge in [0.25, 0.3) is 0 Å². The highest BCUT2D eigenvalue weighted by Crippen LogP contribution is 2.20. The number of aryl methyl sites for hydroxylation is 2. The van der Waals surface area contributed by atoms with Crippen LogP contribution in [0.2, 0.25) is 5.02 Å². The Bertz CT molecular complexity index is 543. The molecule has 0 fully saturated rings. The van der Waals surface area contributed by atoms with E-state index in [1.54, 1.807) is 0 Å². The number of hydrogen-bond acceptors (Lipinski definition) is 3. The molecule has 0 aliphatic heterocycles. The minimum absolute atomic E-state index is 0.694. The summed E-state index contributed by atoms with van der Waals surface area (Å²) in [6, 6.07) is 0. The monoisotopic (exact) mass is 281 g/mol. The summed E-state index contributed by atoms with van der Waals surface area (Å²) >= 11 is 6.28. The van der Waals surface area contributed by atoms with Gasteiger partial charge in [0.1, 0.15) is 5.82 Å². The molecule has 1 N–H and O–H groups in total. The van der Waals surface area contributed by atoms with Gasteiger partial charge in [-0.1, -0.05) is 18.5 Å². The van der Waals surface area contributed by atoms with Crippen molar-refractivity contribution in [3.05, 3.63) is 34.6 Å². The zero-order valence-electron chi connectivity index (χ0n) is 11.6. The first kappa shape index (κ1) is 14.1. The molecule has 0 radical (unpaired) electrons. The van der Waals surface area contributed by atoms with Crippen LogP contribution in [-0.4, -0.2) is 25.9 Å². The fourth-order valence-electron chi connectivity index (χ4n) is 2.04. The van der Waals surface area contributed by atoms with Crippen LogP contribution in [0.5, 0.6) is 0 Å². The Kier molecular flexibility index (Phi) is 4.61. The van der Waals surface area contributed by atoms with Crippen molar-refractivity contribution in [3.63, 3.8) is 0 Å². The van der Waals surface area contributed by atoms with Crippen molar-refractivity contribution in [1.82, 2.24) is 24.6 Å². The number of rotatable bonds is 6. The second-order valence-electron chi connectivity index (χ2n) is 4.62. The molecular weight excluding hydrogens is 262 g/mol. The molecule has 0 unspecified atom stereocenters. The van der Waals surface area contributed by atoms with Crippen molar-refractivity contribution < 1.29 is 0 Å². The molecule has 6 heteroatoms. The van der Waals surface area contributed by atoms with Gasteiger partial charge in [0.2, 0.25) is 0 Å². The molecule has 0 amide bonds. The second-order valence-corrected chi connectivity index (χ2v) is 5.00. The van der Waals surface area contributed by atoms with E-state index in [1.807, 2.05) is 31.0 Å². The maximum absolute atomic E-state index is 6.28. The summed E-state index contributed by atoms with van der Waals surface area (Å²) in [6.45, 7) is 6.54. The van der Waals surface area contributed by atoms with Crippen molar-refractivity contribution in [2.75, 3.05) is 6.54 Å². The summed E-state index contributed by atoms with van der Waals surface area (Å²) in [5, 5.41) is 8.43. The number of imidazole rings is 1. The molecule has 0 saturated carbocycles. The van der Waals surface area contributed by atoms with E-state index in [-0.39, 0.29) is 0 Å². The van der Waals surface area contributed by atoms with E-state index in [9.17, 15) is 0 Å². The fourth-order valence-corrected chi connectivity index (χ4v) is 2.26. The predicted molar refractivity (Wildman–Crippen MR) is 76.3 cm³/mol. The van der Waals surface area contributed by atoms with Crippen molar-refractivity contribution in [3.8, 4) is 0 Å². The van der Waals surface area contributed by atoms with E-state index in [4.69, 9.17) is 11.6 Å². The first-order chi connectivity index (χ1) is 9.13. The molecule has 2 aromatic heterocycles. The summed E-state index contributed by atoms with van der Waals surface area (Å²) in [5.41, 5.74) is 1.87. The minimum Gasteiger partial charge on any atom is -0.328 e. The van der Waals surface area contributed by atoms with Crippen LogP contribution in [0.1, 0.15) is 30.6 Å². The second kappa shape index (κ2) is 6.21. The lowest BCUT2D eigenvalue weighted by Crippen LogP contribution is -2.18. The van der Waals surface area contributed by atoms with Crippen LogP contribution in [0.15, 0.2) is 12.4 Å². The molecular formula is C13H20ClN5. The molecule has 0 spiro atoms. The number of nitrogens with zero attached hydrogens (tertiary/aromatic N) is 4. The van der Waals surface area contributed by atoms with E-state index in [0.717, 1.165) is 41.7 Å². The number of aromatic nitrogens is 4. The van der Waals surface area contributed by atoms with Crippen molar-refractivity contribution in [1.29, 1.82) is 0 Å². The largest absolute Gasteiger partial charge is 0.328 e. The Morgan fingerprint density at radius 3 is 2.84 bits per heavy atom. The van der Waals surface area contributed by atoms with Gasteiger partial charge in [-0.05, 0) is 19.9 Å². The Morgan fingerprint density at radius 2 is 2.21 bits per heavy atom. The maximum Gasteiger partial charge on any atom is 0.123 e. The Morgan fingerprint density at radius 1 is 1.42 bits per heavy atom. The van der Waals surface area contributed by atoms with Crippen LogP contribution in [0, 0.1) is 6.92 Å². The lowest BCUT2D eigenvalue weighted by atomic mass is 10.3. The van der Waals surface area contributed by atoms with Crippen LogP contribution < -0.4 is 5.32 Å². The number of halogens is 1. The minimum atomic E-state index is 0.694. The van der Waals surface area contributed by atoms with Crippen LogP contribution in [0.25, 0.3) is 0 Å². The summed E-state index contributed by atoms with van der Waals surface area (Å²) in [5.74, 6) is 1.02. The highest BCUT2D eigenvalue weighted by molar-refractivity contribution is 6.31. The van der Waals surface area contributed by atoms with E-state index in [1.165, 1.54) is 0 Å². The third-order valence-corrected chi connectivity index (χ3v) is 3.58. The first-order valence-electron chi connectivity index (χ1n) is 6.52.